The highest BCUT2D eigenvalue weighted by molar-refractivity contribution is 7.96. The van der Waals surface area contributed by atoms with E-state index in [9.17, 15) is 9.59 Å². The van der Waals surface area contributed by atoms with Crippen molar-refractivity contribution in [2.24, 2.45) is 5.73 Å². The zero-order valence-corrected chi connectivity index (χ0v) is 11.8. The van der Waals surface area contributed by atoms with Crippen molar-refractivity contribution in [2.45, 2.75) is 38.1 Å². The first kappa shape index (κ1) is 17.6. The smallest absolute Gasteiger partial charge is 0.202 e. The number of carbonyl (C=O) groups excluding carboxylic acids is 2. The SMILES string of the molecule is COCCOCC(=O)CCCCCC(N)C(=O)S. The molecule has 18 heavy (non-hydrogen) atoms. The molecule has 0 amide bonds. The number of unbranched alkanes of at least 4 members (excludes halogenated alkanes) is 2. The van der Waals surface area contributed by atoms with Gasteiger partial charge in [0.15, 0.2) is 5.78 Å². The molecule has 0 spiro atoms. The molecule has 0 aromatic carbocycles. The molecule has 2 N–H and O–H groups in total. The van der Waals surface area contributed by atoms with E-state index in [0.29, 0.717) is 26.1 Å². The molecule has 106 valence electrons. The van der Waals surface area contributed by atoms with Crippen molar-refractivity contribution in [1.82, 2.24) is 0 Å². The number of hydrogen-bond acceptors (Lipinski definition) is 5. The number of nitrogens with two attached hydrogens (primary N) is 1. The molecule has 0 saturated heterocycles. The van der Waals surface area contributed by atoms with E-state index in [4.69, 9.17) is 15.2 Å². The van der Waals surface area contributed by atoms with E-state index in [1.165, 1.54) is 0 Å². The third-order valence-corrected chi connectivity index (χ3v) is 2.81. The van der Waals surface area contributed by atoms with Gasteiger partial charge in [-0.25, -0.2) is 0 Å². The lowest BCUT2D eigenvalue weighted by atomic mass is 10.1. The summed E-state index contributed by atoms with van der Waals surface area (Å²) in [5.74, 6) is 0.0978. The van der Waals surface area contributed by atoms with E-state index < -0.39 is 6.04 Å². The van der Waals surface area contributed by atoms with Crippen LogP contribution in [0.15, 0.2) is 0 Å². The number of thiol groups is 1. The number of ether oxygens (including phenoxy) is 2. The standard InChI is InChI=1S/C12H23NO4S/c1-16-7-8-17-9-10(14)5-3-2-4-6-11(13)12(15)18/h11H,2-9,13H2,1H3,(H,15,18). The van der Waals surface area contributed by atoms with E-state index in [0.717, 1.165) is 19.3 Å². The molecule has 0 fully saturated rings. The Morgan fingerprint density at radius 2 is 1.94 bits per heavy atom. The molecule has 5 nitrogen and oxygen atoms in total. The summed E-state index contributed by atoms with van der Waals surface area (Å²) < 4.78 is 9.91. The zero-order valence-electron chi connectivity index (χ0n) is 10.9. The molecule has 0 aliphatic rings. The molecular formula is C12H23NO4S. The van der Waals surface area contributed by atoms with Gasteiger partial charge in [-0.1, -0.05) is 12.8 Å². The number of rotatable bonds is 12. The maximum atomic E-state index is 11.4. The Balaban J connectivity index is 3.32. The number of Topliss-reactive ketones (excluding diaryl/α,β-unsaturated/α-hetero) is 1. The van der Waals surface area contributed by atoms with Gasteiger partial charge < -0.3 is 15.2 Å². The predicted octanol–water partition coefficient (Wildman–Crippen LogP) is 0.953. The second-order valence-electron chi connectivity index (χ2n) is 4.13. The summed E-state index contributed by atoms with van der Waals surface area (Å²) in [6.45, 7) is 1.10. The number of hydrogen-bond donors (Lipinski definition) is 2. The average Bonchev–Trinajstić information content (AvgIpc) is 2.33. The monoisotopic (exact) mass is 277 g/mol. The number of methoxy groups -OCH3 is 1. The van der Waals surface area contributed by atoms with E-state index in [-0.39, 0.29) is 17.5 Å². The molecule has 0 aromatic heterocycles. The maximum absolute atomic E-state index is 11.4. The topological polar surface area (TPSA) is 78.6 Å². The van der Waals surface area contributed by atoms with Crippen molar-refractivity contribution in [3.63, 3.8) is 0 Å². The lowest BCUT2D eigenvalue weighted by molar-refractivity contribution is -0.124. The van der Waals surface area contributed by atoms with Gasteiger partial charge in [-0.2, -0.15) is 0 Å². The van der Waals surface area contributed by atoms with Crippen LogP contribution >= 0.6 is 12.6 Å². The van der Waals surface area contributed by atoms with Gasteiger partial charge >= 0.3 is 0 Å². The van der Waals surface area contributed by atoms with Crippen molar-refractivity contribution >= 4 is 23.5 Å². The Bertz CT molecular complexity index is 248. The van der Waals surface area contributed by atoms with Gasteiger partial charge in [0.1, 0.15) is 6.61 Å². The van der Waals surface area contributed by atoms with Crippen molar-refractivity contribution < 1.29 is 19.1 Å². The van der Waals surface area contributed by atoms with Crippen molar-refractivity contribution in [2.75, 3.05) is 26.9 Å². The van der Waals surface area contributed by atoms with E-state index in [1.807, 2.05) is 0 Å². The van der Waals surface area contributed by atoms with Crippen molar-refractivity contribution in [3.05, 3.63) is 0 Å². The third-order valence-electron chi connectivity index (χ3n) is 2.48. The second kappa shape index (κ2) is 11.6. The summed E-state index contributed by atoms with van der Waals surface area (Å²) >= 11 is 3.66. The normalized spacial score (nSPS) is 12.4. The van der Waals surface area contributed by atoms with Gasteiger partial charge in [-0.3, -0.25) is 9.59 Å². The van der Waals surface area contributed by atoms with Gasteiger partial charge in [0.2, 0.25) is 5.12 Å². The van der Waals surface area contributed by atoms with E-state index >= 15 is 0 Å². The Labute approximate surface area is 114 Å². The average molecular weight is 277 g/mol. The summed E-state index contributed by atoms with van der Waals surface area (Å²) in [6.07, 6.45) is 3.67. The summed E-state index contributed by atoms with van der Waals surface area (Å²) in [4.78, 5) is 22.1. The van der Waals surface area contributed by atoms with Crippen LogP contribution in [-0.4, -0.2) is 43.9 Å². The van der Waals surface area contributed by atoms with Gasteiger partial charge in [-0.05, 0) is 12.8 Å². The molecule has 0 aliphatic carbocycles. The Kier molecular flexibility index (Phi) is 11.4. The van der Waals surface area contributed by atoms with Crippen molar-refractivity contribution in [1.29, 1.82) is 0 Å². The second-order valence-corrected chi connectivity index (χ2v) is 4.57. The van der Waals surface area contributed by atoms with Crippen LogP contribution < -0.4 is 5.73 Å². The minimum atomic E-state index is -0.485. The number of carbonyl (C=O) groups is 2. The van der Waals surface area contributed by atoms with Crippen LogP contribution in [0.4, 0.5) is 0 Å². The molecule has 0 heterocycles. The Morgan fingerprint density at radius 3 is 2.56 bits per heavy atom. The molecule has 0 radical (unpaired) electrons. The molecule has 0 bridgehead atoms. The highest BCUT2D eigenvalue weighted by Crippen LogP contribution is 2.06. The first-order chi connectivity index (χ1) is 8.57. The van der Waals surface area contributed by atoms with Crippen LogP contribution in [0.5, 0.6) is 0 Å². The van der Waals surface area contributed by atoms with Crippen LogP contribution in [-0.2, 0) is 19.1 Å². The molecule has 0 rings (SSSR count). The number of ketones is 1. The molecule has 0 aromatic rings. The minimum Gasteiger partial charge on any atom is -0.382 e. The fraction of sp³-hybridized carbons (Fsp3) is 0.833. The largest absolute Gasteiger partial charge is 0.382 e. The van der Waals surface area contributed by atoms with E-state index in [1.54, 1.807) is 7.11 Å². The summed E-state index contributed by atoms with van der Waals surface area (Å²) in [7, 11) is 1.59. The Morgan fingerprint density at radius 1 is 1.22 bits per heavy atom. The fourth-order valence-electron chi connectivity index (χ4n) is 1.39. The molecule has 1 atom stereocenters. The van der Waals surface area contributed by atoms with Crippen LogP contribution in [0.2, 0.25) is 0 Å². The van der Waals surface area contributed by atoms with Gasteiger partial charge in [0, 0.05) is 13.5 Å². The van der Waals surface area contributed by atoms with Crippen LogP contribution in [0, 0.1) is 0 Å². The summed E-state index contributed by atoms with van der Waals surface area (Å²) in [6, 6.07) is -0.485. The molecule has 1 unspecified atom stereocenters. The first-order valence-corrected chi connectivity index (χ1v) is 6.59. The van der Waals surface area contributed by atoms with Crippen LogP contribution in [0.1, 0.15) is 32.1 Å². The van der Waals surface area contributed by atoms with Crippen LogP contribution in [0.25, 0.3) is 0 Å². The lowest BCUT2D eigenvalue weighted by Gasteiger charge is -2.06. The Hall–Kier alpha value is -0.430. The molecule has 6 heteroatoms. The quantitative estimate of drug-likeness (QED) is 0.410. The van der Waals surface area contributed by atoms with Crippen LogP contribution in [0.3, 0.4) is 0 Å². The van der Waals surface area contributed by atoms with Gasteiger partial charge in [0.25, 0.3) is 0 Å². The van der Waals surface area contributed by atoms with Gasteiger partial charge in [0.05, 0.1) is 19.3 Å². The van der Waals surface area contributed by atoms with E-state index in [2.05, 4.69) is 12.6 Å². The molecule has 0 aliphatic heterocycles. The highest BCUT2D eigenvalue weighted by Gasteiger charge is 2.08. The molecule has 0 saturated carbocycles. The summed E-state index contributed by atoms with van der Waals surface area (Å²) in [5.41, 5.74) is 5.53. The highest BCUT2D eigenvalue weighted by atomic mass is 32.1. The zero-order chi connectivity index (χ0) is 13.8. The predicted molar refractivity (Wildman–Crippen MR) is 72.8 cm³/mol. The lowest BCUT2D eigenvalue weighted by Crippen LogP contribution is -2.26. The van der Waals surface area contributed by atoms with Crippen molar-refractivity contribution in [3.8, 4) is 0 Å². The summed E-state index contributed by atoms with van der Waals surface area (Å²) in [5, 5.41) is -0.280. The first-order valence-electron chi connectivity index (χ1n) is 6.14. The third kappa shape index (κ3) is 10.7. The maximum Gasteiger partial charge on any atom is 0.202 e. The van der Waals surface area contributed by atoms with Gasteiger partial charge in [-0.15, -0.1) is 12.6 Å². The molecular weight excluding hydrogens is 254 g/mol. The fourth-order valence-corrected chi connectivity index (χ4v) is 1.52. The minimum absolute atomic E-state index is 0.0978.